The first-order valence-corrected chi connectivity index (χ1v) is 3.56. The average molecular weight is 188 g/mol. The van der Waals surface area contributed by atoms with Crippen LogP contribution in [-0.4, -0.2) is 29.0 Å². The number of hydrazone groups is 1. The number of carboxylic acids is 1. The maximum absolute atomic E-state index is 10.8. The molecular formula is C7H12N2O4. The Bertz CT molecular complexity index is 229. The summed E-state index contributed by atoms with van der Waals surface area (Å²) in [6, 6.07) is 0. The summed E-state index contributed by atoms with van der Waals surface area (Å²) in [5, 5.41) is 11.2. The maximum atomic E-state index is 10.8. The highest BCUT2D eigenvalue weighted by molar-refractivity contribution is 6.22. The zero-order chi connectivity index (χ0) is 10.5. The van der Waals surface area contributed by atoms with Gasteiger partial charge in [0.05, 0.1) is 0 Å². The lowest BCUT2D eigenvalue weighted by Gasteiger charge is -2.18. The Balaban J connectivity index is 3.83. The summed E-state index contributed by atoms with van der Waals surface area (Å²) in [5.41, 5.74) is 1.28. The van der Waals surface area contributed by atoms with Crippen LogP contribution in [0.25, 0.3) is 0 Å². The lowest BCUT2D eigenvalue weighted by Crippen LogP contribution is -2.30. The van der Waals surface area contributed by atoms with Gasteiger partial charge in [0.1, 0.15) is 11.8 Å². The normalized spacial score (nSPS) is 11.3. The summed E-state index contributed by atoms with van der Waals surface area (Å²) >= 11 is 0. The van der Waals surface area contributed by atoms with Crippen LogP contribution in [0.2, 0.25) is 0 Å². The molecule has 0 fully saturated rings. The monoisotopic (exact) mass is 188 g/mol. The Hall–Kier alpha value is -1.59. The molecule has 0 aliphatic carbocycles. The second-order valence-corrected chi connectivity index (χ2v) is 3.21. The van der Waals surface area contributed by atoms with Crippen molar-refractivity contribution in [2.75, 3.05) is 0 Å². The summed E-state index contributed by atoms with van der Waals surface area (Å²) in [4.78, 5) is 20.7. The number of aliphatic carboxylic acids is 1. The average Bonchev–Trinajstić information content (AvgIpc) is 1.81. The minimum Gasteiger partial charge on any atom is -0.477 e. The number of rotatable bonds is 2. The largest absolute Gasteiger partial charge is 0.477 e. The van der Waals surface area contributed by atoms with Gasteiger partial charge in [0.15, 0.2) is 0 Å². The molecule has 13 heavy (non-hydrogen) atoms. The number of carboxylic acid groups (broad SMARTS) is 1. The smallest absolute Gasteiger partial charge is 0.428 e. The highest BCUT2D eigenvalue weighted by atomic mass is 16.6. The highest BCUT2D eigenvalue weighted by Crippen LogP contribution is 2.05. The molecule has 0 aromatic heterocycles. The number of hydrogen-bond acceptors (Lipinski definition) is 4. The molecule has 0 heterocycles. The molecule has 1 amide bonds. The molecule has 0 aliphatic rings. The van der Waals surface area contributed by atoms with E-state index in [2.05, 4.69) is 5.10 Å². The van der Waals surface area contributed by atoms with Crippen molar-refractivity contribution in [1.29, 1.82) is 0 Å². The minimum atomic E-state index is -1.24. The topological polar surface area (TPSA) is 88.0 Å². The lowest BCUT2D eigenvalue weighted by molar-refractivity contribution is -0.128. The van der Waals surface area contributed by atoms with E-state index >= 15 is 0 Å². The van der Waals surface area contributed by atoms with Gasteiger partial charge in [-0.1, -0.05) is 0 Å². The van der Waals surface area contributed by atoms with Crippen molar-refractivity contribution in [3.8, 4) is 0 Å². The Morgan fingerprint density at radius 3 is 2.38 bits per heavy atom. The number of carbonyl (C=O) groups excluding carboxylic acids is 1. The van der Waals surface area contributed by atoms with E-state index in [9.17, 15) is 9.59 Å². The van der Waals surface area contributed by atoms with Crippen molar-refractivity contribution < 1.29 is 19.4 Å². The number of amides is 1. The molecular weight excluding hydrogens is 176 g/mol. The number of nitrogens with one attached hydrogen (secondary N) is 1. The molecule has 0 aromatic carbocycles. The molecule has 0 radical (unpaired) electrons. The molecule has 2 N–H and O–H groups in total. The van der Waals surface area contributed by atoms with Crippen LogP contribution in [-0.2, 0) is 9.53 Å². The van der Waals surface area contributed by atoms with Gasteiger partial charge in [-0.3, -0.25) is 0 Å². The summed E-state index contributed by atoms with van der Waals surface area (Å²) < 4.78 is 4.76. The van der Waals surface area contributed by atoms with Gasteiger partial charge in [-0.05, 0) is 20.8 Å². The van der Waals surface area contributed by atoms with Gasteiger partial charge in [-0.15, -0.1) is 0 Å². The third-order valence-electron chi connectivity index (χ3n) is 0.730. The van der Waals surface area contributed by atoms with Crippen LogP contribution in [0.3, 0.4) is 0 Å². The van der Waals surface area contributed by atoms with Crippen molar-refractivity contribution in [2.45, 2.75) is 26.4 Å². The highest BCUT2D eigenvalue weighted by Gasteiger charge is 2.15. The molecule has 6 nitrogen and oxygen atoms in total. The summed E-state index contributed by atoms with van der Waals surface area (Å²) in [6.45, 7) is 5.06. The van der Waals surface area contributed by atoms with E-state index < -0.39 is 17.7 Å². The standard InChI is InChI=1S/C7H12N2O4/c1-7(2,3)13-6(12)9-8-4-5(10)11/h4H,1-3H3,(H,9,12)(H,10,11). The van der Waals surface area contributed by atoms with Gasteiger partial charge < -0.3 is 9.84 Å². The van der Waals surface area contributed by atoms with Crippen LogP contribution in [0.4, 0.5) is 4.79 Å². The van der Waals surface area contributed by atoms with Crippen molar-refractivity contribution in [3.05, 3.63) is 0 Å². The Kier molecular flexibility index (Phi) is 3.90. The second-order valence-electron chi connectivity index (χ2n) is 3.21. The van der Waals surface area contributed by atoms with Gasteiger partial charge in [0, 0.05) is 0 Å². The van der Waals surface area contributed by atoms with E-state index in [1.807, 2.05) is 5.43 Å². The zero-order valence-corrected chi connectivity index (χ0v) is 7.70. The SMILES string of the molecule is CC(C)(C)OC(=O)NN=CC(=O)O. The molecule has 0 aliphatic heterocycles. The molecule has 0 saturated carbocycles. The van der Waals surface area contributed by atoms with Gasteiger partial charge in [0.25, 0.3) is 0 Å². The van der Waals surface area contributed by atoms with Crippen molar-refractivity contribution in [2.24, 2.45) is 5.10 Å². The van der Waals surface area contributed by atoms with Crippen LogP contribution in [0.5, 0.6) is 0 Å². The third-order valence-corrected chi connectivity index (χ3v) is 0.730. The van der Waals surface area contributed by atoms with Crippen LogP contribution < -0.4 is 5.43 Å². The van der Waals surface area contributed by atoms with Crippen LogP contribution >= 0.6 is 0 Å². The van der Waals surface area contributed by atoms with Gasteiger partial charge in [0.2, 0.25) is 0 Å². The van der Waals surface area contributed by atoms with E-state index in [4.69, 9.17) is 9.84 Å². The van der Waals surface area contributed by atoms with Crippen LogP contribution in [0.1, 0.15) is 20.8 Å². The summed E-state index contributed by atoms with van der Waals surface area (Å²) in [5.74, 6) is -1.24. The maximum Gasteiger partial charge on any atom is 0.428 e. The molecule has 0 spiro atoms. The third kappa shape index (κ3) is 8.32. The van der Waals surface area contributed by atoms with E-state index in [1.165, 1.54) is 0 Å². The zero-order valence-electron chi connectivity index (χ0n) is 7.70. The van der Waals surface area contributed by atoms with Gasteiger partial charge >= 0.3 is 12.1 Å². The first-order valence-electron chi connectivity index (χ1n) is 3.56. The first-order chi connectivity index (χ1) is 5.81. The fraction of sp³-hybridized carbons (Fsp3) is 0.571. The summed E-state index contributed by atoms with van der Waals surface area (Å²) in [6.07, 6.45) is -0.228. The van der Waals surface area contributed by atoms with Crippen molar-refractivity contribution in [1.82, 2.24) is 5.43 Å². The molecule has 0 unspecified atom stereocenters. The second kappa shape index (κ2) is 4.44. The first kappa shape index (κ1) is 11.4. The number of carbonyl (C=O) groups is 2. The van der Waals surface area contributed by atoms with Gasteiger partial charge in [-0.25, -0.2) is 15.0 Å². The molecule has 0 saturated heterocycles. The molecule has 74 valence electrons. The molecule has 0 atom stereocenters. The number of nitrogens with zero attached hydrogens (tertiary/aromatic N) is 1. The number of ether oxygens (including phenoxy) is 1. The lowest BCUT2D eigenvalue weighted by atomic mass is 10.2. The van der Waals surface area contributed by atoms with E-state index in [-0.39, 0.29) is 0 Å². The van der Waals surface area contributed by atoms with E-state index in [1.54, 1.807) is 20.8 Å². The van der Waals surface area contributed by atoms with Gasteiger partial charge in [-0.2, -0.15) is 5.10 Å². The fourth-order valence-corrected chi connectivity index (χ4v) is 0.441. The Morgan fingerprint density at radius 2 is 2.00 bits per heavy atom. The fourth-order valence-electron chi connectivity index (χ4n) is 0.441. The Labute approximate surface area is 75.6 Å². The van der Waals surface area contributed by atoms with E-state index in [0.29, 0.717) is 6.21 Å². The van der Waals surface area contributed by atoms with Crippen molar-refractivity contribution >= 4 is 18.3 Å². The summed E-state index contributed by atoms with van der Waals surface area (Å²) in [7, 11) is 0. The van der Waals surface area contributed by atoms with Crippen LogP contribution in [0, 0.1) is 0 Å². The Morgan fingerprint density at radius 1 is 1.46 bits per heavy atom. The number of hydrogen-bond donors (Lipinski definition) is 2. The minimum absolute atomic E-state index is 0.559. The van der Waals surface area contributed by atoms with Crippen molar-refractivity contribution in [3.63, 3.8) is 0 Å². The van der Waals surface area contributed by atoms with Crippen LogP contribution in [0.15, 0.2) is 5.10 Å². The molecule has 6 heteroatoms. The molecule has 0 aromatic rings. The predicted octanol–water partition coefficient (Wildman–Crippen LogP) is 0.582. The molecule has 0 rings (SSSR count). The van der Waals surface area contributed by atoms with E-state index in [0.717, 1.165) is 0 Å². The molecule has 0 bridgehead atoms. The quantitative estimate of drug-likeness (QED) is 0.490. The predicted molar refractivity (Wildman–Crippen MR) is 45.5 cm³/mol.